The number of anilines is 1. The predicted molar refractivity (Wildman–Crippen MR) is 115 cm³/mol. The third-order valence-electron chi connectivity index (χ3n) is 5.03. The zero-order valence-corrected chi connectivity index (χ0v) is 17.3. The molecule has 3 atom stereocenters. The summed E-state index contributed by atoms with van der Waals surface area (Å²) in [6.07, 6.45) is 2.78. The van der Waals surface area contributed by atoms with Crippen molar-refractivity contribution in [3.8, 4) is 0 Å². The van der Waals surface area contributed by atoms with E-state index in [-0.39, 0.29) is 17.7 Å². The Labute approximate surface area is 172 Å². The Kier molecular flexibility index (Phi) is 8.15. The van der Waals surface area contributed by atoms with Gasteiger partial charge in [0.2, 0.25) is 11.8 Å². The van der Waals surface area contributed by atoms with Gasteiger partial charge in [-0.15, -0.1) is 0 Å². The molecule has 0 bridgehead atoms. The summed E-state index contributed by atoms with van der Waals surface area (Å²) in [7, 11) is 0. The molecule has 1 heterocycles. The van der Waals surface area contributed by atoms with Crippen molar-refractivity contribution in [3.63, 3.8) is 0 Å². The summed E-state index contributed by atoms with van der Waals surface area (Å²) in [4.78, 5) is 29.5. The summed E-state index contributed by atoms with van der Waals surface area (Å²) in [5.41, 5.74) is 14.5. The van der Waals surface area contributed by atoms with E-state index < -0.39 is 12.1 Å². The molecular formula is C22H31N5O2. The molecule has 0 radical (unpaired) electrons. The lowest BCUT2D eigenvalue weighted by Gasteiger charge is -2.23. The number of nitrogens with one attached hydrogen (secondary N) is 2. The van der Waals surface area contributed by atoms with E-state index in [0.717, 1.165) is 23.1 Å². The molecule has 0 aliphatic carbocycles. The summed E-state index contributed by atoms with van der Waals surface area (Å²) < 4.78 is 0. The lowest BCUT2D eigenvalue weighted by molar-refractivity contribution is -0.130. The molecule has 1 aromatic carbocycles. The van der Waals surface area contributed by atoms with Gasteiger partial charge in [0.25, 0.3) is 0 Å². The van der Waals surface area contributed by atoms with E-state index in [9.17, 15) is 9.59 Å². The van der Waals surface area contributed by atoms with E-state index in [2.05, 4.69) is 15.6 Å². The summed E-state index contributed by atoms with van der Waals surface area (Å²) in [6.45, 7) is 6.19. The van der Waals surface area contributed by atoms with Crippen LogP contribution in [0.15, 0.2) is 42.6 Å². The van der Waals surface area contributed by atoms with Crippen LogP contribution >= 0.6 is 0 Å². The maximum Gasteiger partial charge on any atom is 0.243 e. The number of nitrogens with zero attached hydrogens (tertiary/aromatic N) is 1. The maximum absolute atomic E-state index is 12.9. The van der Waals surface area contributed by atoms with Crippen molar-refractivity contribution >= 4 is 17.6 Å². The Morgan fingerprint density at radius 2 is 1.90 bits per heavy atom. The van der Waals surface area contributed by atoms with Crippen LogP contribution in [0.3, 0.4) is 0 Å². The molecular weight excluding hydrogens is 366 g/mol. The molecule has 2 rings (SSSR count). The number of nitrogens with two attached hydrogens (primary N) is 2. The quantitative estimate of drug-likeness (QED) is 0.513. The Hall–Kier alpha value is -2.93. The van der Waals surface area contributed by atoms with Crippen molar-refractivity contribution in [1.82, 2.24) is 15.6 Å². The highest BCUT2D eigenvalue weighted by Gasteiger charge is 2.26. The summed E-state index contributed by atoms with van der Waals surface area (Å²) in [5, 5.41) is 5.70. The zero-order chi connectivity index (χ0) is 21.4. The number of carbonyl (C=O) groups is 2. The number of rotatable bonds is 9. The lowest BCUT2D eigenvalue weighted by Crippen LogP contribution is -2.53. The Balaban J connectivity index is 2.10. The number of carbonyl (C=O) groups excluding carboxylic acids is 2. The van der Waals surface area contributed by atoms with E-state index in [1.165, 1.54) is 0 Å². The van der Waals surface area contributed by atoms with E-state index in [4.69, 9.17) is 11.5 Å². The molecule has 0 saturated heterocycles. The first kappa shape index (κ1) is 22.4. The number of amides is 2. The molecule has 29 heavy (non-hydrogen) atoms. The predicted octanol–water partition coefficient (Wildman–Crippen LogP) is 1.69. The van der Waals surface area contributed by atoms with E-state index in [1.807, 2.05) is 45.0 Å². The molecule has 0 aliphatic rings. The van der Waals surface area contributed by atoms with Gasteiger partial charge in [0.05, 0.1) is 6.04 Å². The molecule has 0 aliphatic heterocycles. The highest BCUT2D eigenvalue weighted by molar-refractivity contribution is 5.90. The van der Waals surface area contributed by atoms with Crippen molar-refractivity contribution in [2.45, 2.75) is 52.2 Å². The number of hydrogen-bond acceptors (Lipinski definition) is 5. The van der Waals surface area contributed by atoms with Crippen LogP contribution < -0.4 is 22.1 Å². The van der Waals surface area contributed by atoms with Crippen molar-refractivity contribution in [2.75, 3.05) is 5.73 Å². The molecule has 1 aromatic heterocycles. The van der Waals surface area contributed by atoms with Gasteiger partial charge in [-0.05, 0) is 30.0 Å². The van der Waals surface area contributed by atoms with Crippen LogP contribution in [0.4, 0.5) is 5.82 Å². The Bertz CT molecular complexity index is 822. The zero-order valence-electron chi connectivity index (χ0n) is 17.3. The van der Waals surface area contributed by atoms with Gasteiger partial charge in [-0.1, -0.05) is 56.2 Å². The van der Waals surface area contributed by atoms with E-state index in [1.54, 1.807) is 18.3 Å². The fourth-order valence-electron chi connectivity index (χ4n) is 2.92. The first-order valence-electron chi connectivity index (χ1n) is 9.89. The molecule has 6 N–H and O–H groups in total. The standard InChI is InChI=1S/C22H31N5O2/c1-4-15(3)20(24)22(29)27-18(11-16-7-5-6-14(2)10-16)21(28)26-13-17-8-9-19(23)25-12-17/h5-10,12,15,18,20H,4,11,13,24H2,1-3H3,(H2,23,25)(H,26,28)(H,27,29)/t15-,18+,20-/m0/s1. The van der Waals surface area contributed by atoms with Crippen LogP contribution in [0.1, 0.15) is 37.0 Å². The van der Waals surface area contributed by atoms with Crippen molar-refractivity contribution in [2.24, 2.45) is 11.7 Å². The molecule has 0 unspecified atom stereocenters. The van der Waals surface area contributed by atoms with Gasteiger partial charge in [0, 0.05) is 19.2 Å². The van der Waals surface area contributed by atoms with Gasteiger partial charge in [-0.3, -0.25) is 9.59 Å². The molecule has 0 spiro atoms. The second-order valence-electron chi connectivity index (χ2n) is 7.47. The lowest BCUT2D eigenvalue weighted by atomic mass is 9.98. The molecule has 7 heteroatoms. The average molecular weight is 398 g/mol. The number of aromatic nitrogens is 1. The Morgan fingerprint density at radius 1 is 1.14 bits per heavy atom. The van der Waals surface area contributed by atoms with Crippen LogP contribution in [0.25, 0.3) is 0 Å². The van der Waals surface area contributed by atoms with E-state index >= 15 is 0 Å². The smallest absolute Gasteiger partial charge is 0.243 e. The fourth-order valence-corrected chi connectivity index (χ4v) is 2.92. The number of hydrogen-bond donors (Lipinski definition) is 4. The molecule has 0 fully saturated rings. The highest BCUT2D eigenvalue weighted by Crippen LogP contribution is 2.10. The average Bonchev–Trinajstić information content (AvgIpc) is 2.71. The third-order valence-corrected chi connectivity index (χ3v) is 5.03. The topological polar surface area (TPSA) is 123 Å². The largest absolute Gasteiger partial charge is 0.384 e. The molecule has 7 nitrogen and oxygen atoms in total. The molecule has 0 saturated carbocycles. The van der Waals surface area contributed by atoms with Crippen molar-refractivity contribution < 1.29 is 9.59 Å². The van der Waals surface area contributed by atoms with Crippen molar-refractivity contribution in [3.05, 3.63) is 59.3 Å². The first-order chi connectivity index (χ1) is 13.8. The van der Waals surface area contributed by atoms with Crippen LogP contribution in [0, 0.1) is 12.8 Å². The summed E-state index contributed by atoms with van der Waals surface area (Å²) in [6, 6.07) is 9.98. The molecule has 2 aromatic rings. The number of aryl methyl sites for hydroxylation is 1. The highest BCUT2D eigenvalue weighted by atomic mass is 16.2. The van der Waals surface area contributed by atoms with Gasteiger partial charge >= 0.3 is 0 Å². The number of pyridine rings is 1. The SMILES string of the molecule is CC[C@H](C)[C@H](N)C(=O)N[C@H](Cc1cccc(C)c1)C(=O)NCc1ccc(N)nc1. The minimum absolute atomic E-state index is 0.0264. The normalized spacial score (nSPS) is 13.9. The molecule has 156 valence electrons. The van der Waals surface area contributed by atoms with Crippen LogP contribution in [0.2, 0.25) is 0 Å². The minimum Gasteiger partial charge on any atom is -0.384 e. The van der Waals surface area contributed by atoms with Gasteiger partial charge < -0.3 is 22.1 Å². The van der Waals surface area contributed by atoms with Gasteiger partial charge in [-0.2, -0.15) is 0 Å². The minimum atomic E-state index is -0.721. The second kappa shape index (κ2) is 10.6. The summed E-state index contributed by atoms with van der Waals surface area (Å²) in [5.74, 6) is -0.142. The number of nitrogen functional groups attached to an aromatic ring is 1. The molecule has 2 amide bonds. The second-order valence-corrected chi connectivity index (χ2v) is 7.47. The van der Waals surface area contributed by atoms with Crippen LogP contribution in [-0.2, 0) is 22.6 Å². The van der Waals surface area contributed by atoms with E-state index in [0.29, 0.717) is 18.8 Å². The van der Waals surface area contributed by atoms with Gasteiger partial charge in [-0.25, -0.2) is 4.98 Å². The van der Waals surface area contributed by atoms with Crippen molar-refractivity contribution in [1.29, 1.82) is 0 Å². The number of benzene rings is 1. The van der Waals surface area contributed by atoms with Crippen LogP contribution in [0.5, 0.6) is 0 Å². The van der Waals surface area contributed by atoms with Gasteiger partial charge in [0.1, 0.15) is 11.9 Å². The summed E-state index contributed by atoms with van der Waals surface area (Å²) >= 11 is 0. The monoisotopic (exact) mass is 397 g/mol. The first-order valence-corrected chi connectivity index (χ1v) is 9.89. The Morgan fingerprint density at radius 3 is 2.52 bits per heavy atom. The maximum atomic E-state index is 12.9. The third kappa shape index (κ3) is 6.87. The fraction of sp³-hybridized carbons (Fsp3) is 0.409. The van der Waals surface area contributed by atoms with Crippen LogP contribution in [-0.4, -0.2) is 28.9 Å². The van der Waals surface area contributed by atoms with Gasteiger partial charge in [0.15, 0.2) is 0 Å².